The van der Waals surface area contributed by atoms with Gasteiger partial charge < -0.3 is 10.3 Å². The Morgan fingerprint density at radius 3 is 2.93 bits per heavy atom. The van der Waals surface area contributed by atoms with Crippen molar-refractivity contribution in [3.8, 4) is 0 Å². The van der Waals surface area contributed by atoms with Crippen molar-refractivity contribution in [1.82, 2.24) is 9.55 Å². The molecular formula is C11H19N3S. The third-order valence-electron chi connectivity index (χ3n) is 3.19. The molecule has 0 amide bonds. The molecule has 1 aliphatic carbocycles. The molecule has 1 unspecified atom stereocenters. The summed E-state index contributed by atoms with van der Waals surface area (Å²) < 4.78 is 2.05. The maximum Gasteiger partial charge on any atom is 0.167 e. The minimum atomic E-state index is 0.342. The summed E-state index contributed by atoms with van der Waals surface area (Å²) in [6.07, 6.45) is 9.19. The topological polar surface area (TPSA) is 43.8 Å². The fourth-order valence-corrected chi connectivity index (χ4v) is 3.20. The molecule has 2 N–H and O–H groups in total. The molecule has 1 aliphatic rings. The average molecular weight is 225 g/mol. The number of thioether (sulfide) groups is 1. The lowest BCUT2D eigenvalue weighted by Crippen LogP contribution is -2.30. The monoisotopic (exact) mass is 225 g/mol. The van der Waals surface area contributed by atoms with E-state index in [1.807, 2.05) is 24.0 Å². The quantitative estimate of drug-likeness (QED) is 0.797. The van der Waals surface area contributed by atoms with Crippen molar-refractivity contribution < 1.29 is 0 Å². The van der Waals surface area contributed by atoms with Crippen molar-refractivity contribution >= 4 is 11.8 Å². The third-order valence-corrected chi connectivity index (χ3v) is 4.39. The number of hydrogen-bond acceptors (Lipinski definition) is 3. The number of nitrogens with two attached hydrogens (primary N) is 1. The lowest BCUT2D eigenvalue weighted by atomic mass is 10.0. The van der Waals surface area contributed by atoms with Crippen LogP contribution in [0.5, 0.6) is 0 Å². The van der Waals surface area contributed by atoms with Crippen LogP contribution in [-0.2, 0) is 7.05 Å². The molecular weight excluding hydrogens is 206 g/mol. The van der Waals surface area contributed by atoms with Crippen LogP contribution in [0.2, 0.25) is 0 Å². The number of rotatable bonds is 4. The first-order chi connectivity index (χ1) is 7.27. The van der Waals surface area contributed by atoms with Crippen LogP contribution >= 0.6 is 11.8 Å². The number of aryl methyl sites for hydroxylation is 1. The first kappa shape index (κ1) is 11.0. The molecule has 1 aromatic heterocycles. The van der Waals surface area contributed by atoms with Gasteiger partial charge >= 0.3 is 0 Å². The zero-order chi connectivity index (χ0) is 10.7. The molecule has 0 spiro atoms. The van der Waals surface area contributed by atoms with E-state index in [0.29, 0.717) is 6.04 Å². The van der Waals surface area contributed by atoms with Gasteiger partial charge in [0.1, 0.15) is 0 Å². The van der Waals surface area contributed by atoms with Gasteiger partial charge in [-0.3, -0.25) is 0 Å². The summed E-state index contributed by atoms with van der Waals surface area (Å²) in [4.78, 5) is 4.28. The molecule has 84 valence electrons. The Kier molecular flexibility index (Phi) is 3.70. The van der Waals surface area contributed by atoms with Crippen molar-refractivity contribution in [2.24, 2.45) is 18.7 Å². The highest BCUT2D eigenvalue weighted by Crippen LogP contribution is 2.29. The van der Waals surface area contributed by atoms with E-state index in [9.17, 15) is 0 Å². The molecule has 0 saturated heterocycles. The van der Waals surface area contributed by atoms with Crippen LogP contribution in [0.1, 0.15) is 25.7 Å². The van der Waals surface area contributed by atoms with E-state index >= 15 is 0 Å². The summed E-state index contributed by atoms with van der Waals surface area (Å²) >= 11 is 1.78. The van der Waals surface area contributed by atoms with E-state index in [4.69, 9.17) is 5.73 Å². The Balaban J connectivity index is 1.80. The maximum absolute atomic E-state index is 6.19. The van der Waals surface area contributed by atoms with Crippen molar-refractivity contribution in [2.45, 2.75) is 36.9 Å². The van der Waals surface area contributed by atoms with E-state index in [1.54, 1.807) is 11.8 Å². The number of aromatic nitrogens is 2. The summed E-state index contributed by atoms with van der Waals surface area (Å²) in [5.74, 6) is 1.74. The normalized spacial score (nSPS) is 19.6. The van der Waals surface area contributed by atoms with Crippen LogP contribution in [0.4, 0.5) is 0 Å². The lowest BCUT2D eigenvalue weighted by Gasteiger charge is -2.17. The van der Waals surface area contributed by atoms with Gasteiger partial charge in [-0.15, -0.1) is 0 Å². The molecule has 0 aliphatic heterocycles. The summed E-state index contributed by atoms with van der Waals surface area (Å²) in [6, 6.07) is 0.342. The molecule has 0 radical (unpaired) electrons. The predicted molar refractivity (Wildman–Crippen MR) is 63.9 cm³/mol. The summed E-state index contributed by atoms with van der Waals surface area (Å²) in [5, 5.41) is 1.07. The first-order valence-corrected chi connectivity index (χ1v) is 6.61. The number of hydrogen-bond donors (Lipinski definition) is 1. The largest absolute Gasteiger partial charge is 0.329 e. The Hall–Kier alpha value is -0.480. The van der Waals surface area contributed by atoms with Crippen molar-refractivity contribution in [3.63, 3.8) is 0 Å². The number of nitrogens with zero attached hydrogens (tertiary/aromatic N) is 2. The molecule has 4 heteroatoms. The third kappa shape index (κ3) is 2.75. The SMILES string of the molecule is Cn1ccnc1SCC(N)C1CCCC1. The van der Waals surface area contributed by atoms with Gasteiger partial charge in [-0.05, 0) is 18.8 Å². The zero-order valence-corrected chi connectivity index (χ0v) is 10.0. The minimum absolute atomic E-state index is 0.342. The molecule has 1 fully saturated rings. The van der Waals surface area contributed by atoms with Gasteiger partial charge in [0.2, 0.25) is 0 Å². The van der Waals surface area contributed by atoms with Crippen LogP contribution in [0.25, 0.3) is 0 Å². The van der Waals surface area contributed by atoms with E-state index in [0.717, 1.165) is 16.8 Å². The second-order valence-corrected chi connectivity index (χ2v) is 5.33. The highest BCUT2D eigenvalue weighted by atomic mass is 32.2. The van der Waals surface area contributed by atoms with Gasteiger partial charge in [0, 0.05) is 31.2 Å². The second kappa shape index (κ2) is 5.03. The Morgan fingerprint density at radius 1 is 1.60 bits per heavy atom. The summed E-state index contributed by atoms with van der Waals surface area (Å²) in [7, 11) is 2.02. The van der Waals surface area contributed by atoms with E-state index in [2.05, 4.69) is 4.98 Å². The van der Waals surface area contributed by atoms with Gasteiger partial charge in [-0.25, -0.2) is 4.98 Å². The highest BCUT2D eigenvalue weighted by molar-refractivity contribution is 7.99. The van der Waals surface area contributed by atoms with Gasteiger partial charge in [0.15, 0.2) is 5.16 Å². The molecule has 0 bridgehead atoms. The van der Waals surface area contributed by atoms with Gasteiger partial charge in [-0.1, -0.05) is 24.6 Å². The predicted octanol–water partition coefficient (Wildman–Crippen LogP) is 2.03. The Morgan fingerprint density at radius 2 is 2.33 bits per heavy atom. The van der Waals surface area contributed by atoms with Gasteiger partial charge in [0.25, 0.3) is 0 Å². The fourth-order valence-electron chi connectivity index (χ4n) is 2.18. The number of imidazole rings is 1. The lowest BCUT2D eigenvalue weighted by molar-refractivity contribution is 0.463. The standard InChI is InChI=1S/C11H19N3S/c1-14-7-6-13-11(14)15-8-10(12)9-4-2-3-5-9/h6-7,9-10H,2-5,8,12H2,1H3. The minimum Gasteiger partial charge on any atom is -0.329 e. The van der Waals surface area contributed by atoms with E-state index in [1.165, 1.54) is 25.7 Å². The molecule has 3 nitrogen and oxygen atoms in total. The summed E-state index contributed by atoms with van der Waals surface area (Å²) in [5.41, 5.74) is 6.19. The van der Waals surface area contributed by atoms with Crippen molar-refractivity contribution in [2.75, 3.05) is 5.75 Å². The summed E-state index contributed by atoms with van der Waals surface area (Å²) in [6.45, 7) is 0. The fraction of sp³-hybridized carbons (Fsp3) is 0.727. The molecule has 15 heavy (non-hydrogen) atoms. The average Bonchev–Trinajstić information content (AvgIpc) is 2.85. The Labute approximate surface area is 95.4 Å². The van der Waals surface area contributed by atoms with Crippen molar-refractivity contribution in [1.29, 1.82) is 0 Å². The van der Waals surface area contributed by atoms with Crippen LogP contribution in [0.15, 0.2) is 17.6 Å². The van der Waals surface area contributed by atoms with Crippen LogP contribution in [0, 0.1) is 5.92 Å². The van der Waals surface area contributed by atoms with Crippen molar-refractivity contribution in [3.05, 3.63) is 12.4 Å². The smallest absolute Gasteiger partial charge is 0.167 e. The highest BCUT2D eigenvalue weighted by Gasteiger charge is 2.22. The van der Waals surface area contributed by atoms with Gasteiger partial charge in [0.05, 0.1) is 0 Å². The molecule has 1 atom stereocenters. The molecule has 1 aromatic rings. The zero-order valence-electron chi connectivity index (χ0n) is 9.22. The maximum atomic E-state index is 6.19. The Bertz CT molecular complexity index is 305. The van der Waals surface area contributed by atoms with Crippen LogP contribution in [0.3, 0.4) is 0 Å². The van der Waals surface area contributed by atoms with Crippen LogP contribution in [-0.4, -0.2) is 21.3 Å². The second-order valence-electron chi connectivity index (χ2n) is 4.34. The van der Waals surface area contributed by atoms with Gasteiger partial charge in [-0.2, -0.15) is 0 Å². The molecule has 1 heterocycles. The van der Waals surface area contributed by atoms with E-state index in [-0.39, 0.29) is 0 Å². The first-order valence-electron chi connectivity index (χ1n) is 5.63. The van der Waals surface area contributed by atoms with Crippen LogP contribution < -0.4 is 5.73 Å². The van der Waals surface area contributed by atoms with E-state index < -0.39 is 0 Å². The molecule has 2 rings (SSSR count). The molecule has 0 aromatic carbocycles. The molecule has 1 saturated carbocycles.